The Balaban J connectivity index is 2.48. The van der Waals surface area contributed by atoms with Crippen LogP contribution in [0.4, 0.5) is 5.82 Å². The molecule has 1 aromatic rings. The first-order valence-corrected chi connectivity index (χ1v) is 6.23. The molecule has 1 aliphatic rings. The molecule has 2 rings (SSSR count). The summed E-state index contributed by atoms with van der Waals surface area (Å²) in [4.78, 5) is 18.5. The first-order chi connectivity index (χ1) is 8.54. The van der Waals surface area contributed by atoms with Crippen molar-refractivity contribution in [2.24, 2.45) is 0 Å². The summed E-state index contributed by atoms with van der Waals surface area (Å²) in [5.41, 5.74) is 2.74. The van der Waals surface area contributed by atoms with Crippen LogP contribution in [0.15, 0.2) is 6.07 Å². The fourth-order valence-corrected chi connectivity index (χ4v) is 2.03. The highest BCUT2D eigenvalue weighted by molar-refractivity contribution is 5.99. The SMILES string of the molecule is CNCc1nc(N(C)C(C)C)cc2c1CNC2=O. The van der Waals surface area contributed by atoms with E-state index < -0.39 is 0 Å². The van der Waals surface area contributed by atoms with Crippen LogP contribution in [-0.2, 0) is 13.1 Å². The number of nitrogens with zero attached hydrogens (tertiary/aromatic N) is 2. The number of nitrogens with one attached hydrogen (secondary N) is 2. The van der Waals surface area contributed by atoms with Crippen LogP contribution >= 0.6 is 0 Å². The second kappa shape index (κ2) is 4.94. The minimum absolute atomic E-state index is 0.00293. The Labute approximate surface area is 108 Å². The van der Waals surface area contributed by atoms with Gasteiger partial charge < -0.3 is 15.5 Å². The quantitative estimate of drug-likeness (QED) is 0.831. The third kappa shape index (κ3) is 2.18. The van der Waals surface area contributed by atoms with Crippen molar-refractivity contribution < 1.29 is 4.79 Å². The number of pyridine rings is 1. The fraction of sp³-hybridized carbons (Fsp3) is 0.538. The molecule has 0 saturated heterocycles. The average Bonchev–Trinajstić information content (AvgIpc) is 2.71. The average molecular weight is 248 g/mol. The van der Waals surface area contributed by atoms with Crippen LogP contribution in [0.3, 0.4) is 0 Å². The van der Waals surface area contributed by atoms with Gasteiger partial charge in [-0.2, -0.15) is 0 Å². The highest BCUT2D eigenvalue weighted by Gasteiger charge is 2.24. The van der Waals surface area contributed by atoms with E-state index in [4.69, 9.17) is 0 Å². The number of aromatic nitrogens is 1. The molecule has 1 amide bonds. The third-order valence-corrected chi connectivity index (χ3v) is 3.35. The van der Waals surface area contributed by atoms with E-state index in [0.717, 1.165) is 22.6 Å². The van der Waals surface area contributed by atoms with Crippen LogP contribution < -0.4 is 15.5 Å². The molecule has 2 N–H and O–H groups in total. The maximum Gasteiger partial charge on any atom is 0.252 e. The normalized spacial score (nSPS) is 13.7. The molecular weight excluding hydrogens is 228 g/mol. The van der Waals surface area contributed by atoms with Crippen molar-refractivity contribution in [2.45, 2.75) is 33.0 Å². The van der Waals surface area contributed by atoms with E-state index in [1.54, 1.807) is 0 Å². The Morgan fingerprint density at radius 3 is 2.89 bits per heavy atom. The van der Waals surface area contributed by atoms with E-state index in [1.807, 2.05) is 20.2 Å². The van der Waals surface area contributed by atoms with E-state index in [0.29, 0.717) is 19.1 Å². The summed E-state index contributed by atoms with van der Waals surface area (Å²) in [6.07, 6.45) is 0. The third-order valence-electron chi connectivity index (χ3n) is 3.35. The van der Waals surface area contributed by atoms with E-state index in [9.17, 15) is 4.79 Å². The van der Waals surface area contributed by atoms with Crippen molar-refractivity contribution in [2.75, 3.05) is 19.0 Å². The molecule has 98 valence electrons. The van der Waals surface area contributed by atoms with Gasteiger partial charge in [-0.05, 0) is 27.0 Å². The van der Waals surface area contributed by atoms with Crippen LogP contribution in [0.2, 0.25) is 0 Å². The summed E-state index contributed by atoms with van der Waals surface area (Å²) >= 11 is 0. The maximum atomic E-state index is 11.8. The van der Waals surface area contributed by atoms with Gasteiger partial charge in [-0.25, -0.2) is 4.98 Å². The minimum atomic E-state index is 0.00293. The molecule has 0 radical (unpaired) electrons. The lowest BCUT2D eigenvalue weighted by molar-refractivity contribution is 0.0965. The molecule has 1 aromatic heterocycles. The summed E-state index contributed by atoms with van der Waals surface area (Å²) in [6, 6.07) is 2.24. The Hall–Kier alpha value is -1.62. The van der Waals surface area contributed by atoms with Gasteiger partial charge in [-0.3, -0.25) is 4.79 Å². The highest BCUT2D eigenvalue weighted by Crippen LogP contribution is 2.24. The summed E-state index contributed by atoms with van der Waals surface area (Å²) in [6.45, 7) is 5.47. The van der Waals surface area contributed by atoms with E-state index in [1.165, 1.54) is 0 Å². The zero-order valence-electron chi connectivity index (χ0n) is 11.4. The summed E-state index contributed by atoms with van der Waals surface area (Å²) in [5.74, 6) is 0.856. The number of anilines is 1. The molecule has 18 heavy (non-hydrogen) atoms. The topological polar surface area (TPSA) is 57.3 Å². The first-order valence-electron chi connectivity index (χ1n) is 6.23. The monoisotopic (exact) mass is 248 g/mol. The largest absolute Gasteiger partial charge is 0.357 e. The number of hydrogen-bond donors (Lipinski definition) is 2. The Kier molecular flexibility index (Phi) is 3.52. The molecule has 0 aliphatic carbocycles. The Morgan fingerprint density at radius 1 is 1.56 bits per heavy atom. The van der Waals surface area contributed by atoms with Gasteiger partial charge >= 0.3 is 0 Å². The summed E-state index contributed by atoms with van der Waals surface area (Å²) in [7, 11) is 3.88. The van der Waals surface area contributed by atoms with Gasteiger partial charge in [0.2, 0.25) is 0 Å². The lowest BCUT2D eigenvalue weighted by Gasteiger charge is -2.24. The zero-order valence-corrected chi connectivity index (χ0v) is 11.4. The molecule has 0 bridgehead atoms. The molecule has 0 saturated carbocycles. The van der Waals surface area contributed by atoms with E-state index in [2.05, 4.69) is 34.4 Å². The number of amides is 1. The van der Waals surface area contributed by atoms with E-state index >= 15 is 0 Å². The van der Waals surface area contributed by atoms with Crippen molar-refractivity contribution in [3.05, 3.63) is 22.9 Å². The van der Waals surface area contributed by atoms with Crippen LogP contribution in [0, 0.1) is 0 Å². The van der Waals surface area contributed by atoms with Crippen LogP contribution in [0.5, 0.6) is 0 Å². The highest BCUT2D eigenvalue weighted by atomic mass is 16.1. The zero-order chi connectivity index (χ0) is 13.3. The lowest BCUT2D eigenvalue weighted by atomic mass is 10.1. The van der Waals surface area contributed by atoms with E-state index in [-0.39, 0.29) is 5.91 Å². The molecular formula is C13H20N4O. The molecule has 0 atom stereocenters. The van der Waals surface area contributed by atoms with Gasteiger partial charge in [-0.1, -0.05) is 0 Å². The first kappa shape index (κ1) is 12.8. The molecule has 5 nitrogen and oxygen atoms in total. The van der Waals surface area contributed by atoms with Crippen molar-refractivity contribution in [1.29, 1.82) is 0 Å². The van der Waals surface area contributed by atoms with Crippen molar-refractivity contribution in [3.8, 4) is 0 Å². The predicted octanol–water partition coefficient (Wildman–Crippen LogP) is 0.889. The number of hydrogen-bond acceptors (Lipinski definition) is 4. The number of rotatable bonds is 4. The number of carbonyl (C=O) groups is 1. The van der Waals surface area contributed by atoms with Gasteiger partial charge in [0.1, 0.15) is 5.82 Å². The molecule has 5 heteroatoms. The van der Waals surface area contributed by atoms with Gasteiger partial charge in [-0.15, -0.1) is 0 Å². The van der Waals surface area contributed by atoms with Gasteiger partial charge in [0.15, 0.2) is 0 Å². The van der Waals surface area contributed by atoms with Crippen molar-refractivity contribution in [1.82, 2.24) is 15.6 Å². The Bertz CT molecular complexity index is 470. The molecule has 0 fully saturated rings. The molecule has 1 aliphatic heterocycles. The smallest absolute Gasteiger partial charge is 0.252 e. The van der Waals surface area contributed by atoms with Crippen LogP contribution in [0.1, 0.15) is 35.5 Å². The number of carbonyl (C=O) groups excluding carboxylic acids is 1. The number of fused-ring (bicyclic) bond motifs is 1. The molecule has 0 spiro atoms. The second-order valence-corrected chi connectivity index (χ2v) is 4.87. The van der Waals surface area contributed by atoms with Gasteiger partial charge in [0.05, 0.1) is 5.69 Å². The molecule has 2 heterocycles. The van der Waals surface area contributed by atoms with Crippen LogP contribution in [0.25, 0.3) is 0 Å². The minimum Gasteiger partial charge on any atom is -0.357 e. The molecule has 0 unspecified atom stereocenters. The standard InChI is InChI=1S/C13H20N4O/c1-8(2)17(4)12-5-9-10(6-15-13(9)18)11(16-12)7-14-3/h5,8,14H,6-7H2,1-4H3,(H,15,18). The summed E-state index contributed by atoms with van der Waals surface area (Å²) < 4.78 is 0. The van der Waals surface area contributed by atoms with Gasteiger partial charge in [0.25, 0.3) is 5.91 Å². The van der Waals surface area contributed by atoms with Crippen molar-refractivity contribution >= 4 is 11.7 Å². The second-order valence-electron chi connectivity index (χ2n) is 4.87. The fourth-order valence-electron chi connectivity index (χ4n) is 2.03. The molecule has 0 aromatic carbocycles. The lowest BCUT2D eigenvalue weighted by Crippen LogP contribution is -2.27. The van der Waals surface area contributed by atoms with Crippen LogP contribution in [-0.4, -0.2) is 31.0 Å². The maximum absolute atomic E-state index is 11.8. The van der Waals surface area contributed by atoms with Gasteiger partial charge in [0, 0.05) is 37.3 Å². The van der Waals surface area contributed by atoms with Crippen molar-refractivity contribution in [3.63, 3.8) is 0 Å². The predicted molar refractivity (Wildman–Crippen MR) is 71.7 cm³/mol. The Morgan fingerprint density at radius 2 is 2.28 bits per heavy atom. The summed E-state index contributed by atoms with van der Waals surface area (Å²) in [5, 5.41) is 5.96.